The van der Waals surface area contributed by atoms with Crippen molar-refractivity contribution < 1.29 is 33.9 Å². The molecule has 3 aliphatic rings. The van der Waals surface area contributed by atoms with Gasteiger partial charge in [-0.05, 0) is 43.4 Å². The number of hydrogen-bond acceptors (Lipinski definition) is 7. The van der Waals surface area contributed by atoms with Crippen LogP contribution in [-0.2, 0) is 11.2 Å². The molecule has 1 spiro atoms. The van der Waals surface area contributed by atoms with Crippen LogP contribution >= 0.6 is 12.4 Å². The number of carbonyl (C=O) groups is 3. The fraction of sp³-hybridized carbons (Fsp3) is 0.471. The number of carbonyl (C=O) groups excluding carboxylic acids is 2. The zero-order chi connectivity index (χ0) is 20.2. The zero-order valence-corrected chi connectivity index (χ0v) is 16.4. The highest BCUT2D eigenvalue weighted by atomic mass is 35.5. The van der Waals surface area contributed by atoms with Gasteiger partial charge in [0.05, 0.1) is 13.1 Å². The molecular formula is C17H21BClN3O7. The van der Waals surface area contributed by atoms with Crippen molar-refractivity contribution in [2.75, 3.05) is 13.7 Å². The molecule has 0 bridgehead atoms. The molecule has 1 saturated carbocycles. The summed E-state index contributed by atoms with van der Waals surface area (Å²) in [5, 5.41) is 22.7. The van der Waals surface area contributed by atoms with Gasteiger partial charge in [-0.1, -0.05) is 6.07 Å². The maximum atomic E-state index is 12.9. The molecule has 0 radical (unpaired) electrons. The lowest BCUT2D eigenvalue weighted by Gasteiger charge is -2.42. The highest BCUT2D eigenvalue weighted by Gasteiger charge is 2.61. The number of nitrogens with two attached hydrogens (primary N) is 1. The fourth-order valence-corrected chi connectivity index (χ4v) is 4.33. The number of hydrogen-bond donors (Lipinski definition) is 4. The Kier molecular flexibility index (Phi) is 5.41. The Morgan fingerprint density at radius 2 is 2.14 bits per heavy atom. The molecule has 4 rings (SSSR count). The quantitative estimate of drug-likeness (QED) is 0.382. The van der Waals surface area contributed by atoms with Crippen molar-refractivity contribution in [2.24, 2.45) is 11.7 Å². The van der Waals surface area contributed by atoms with E-state index in [1.165, 1.54) is 13.2 Å². The third kappa shape index (κ3) is 3.09. The van der Waals surface area contributed by atoms with Gasteiger partial charge in [0.1, 0.15) is 22.6 Å². The van der Waals surface area contributed by atoms with Crippen molar-refractivity contribution in [3.05, 3.63) is 23.3 Å². The van der Waals surface area contributed by atoms with E-state index in [-0.39, 0.29) is 41.8 Å². The molecule has 156 valence electrons. The molecule has 29 heavy (non-hydrogen) atoms. The summed E-state index contributed by atoms with van der Waals surface area (Å²) in [5.74, 6) is -2.41. The van der Waals surface area contributed by atoms with Crippen LogP contribution in [0.5, 0.6) is 11.5 Å². The van der Waals surface area contributed by atoms with E-state index in [9.17, 15) is 24.5 Å². The molecule has 0 unspecified atom stereocenters. The number of urea groups is 1. The number of nitrogens with zero attached hydrogens (tertiary/aromatic N) is 1. The maximum absolute atomic E-state index is 12.9. The summed E-state index contributed by atoms with van der Waals surface area (Å²) in [4.78, 5) is 38.0. The van der Waals surface area contributed by atoms with Crippen LogP contribution in [-0.4, -0.2) is 65.2 Å². The molecule has 2 heterocycles. The van der Waals surface area contributed by atoms with Crippen LogP contribution < -0.4 is 20.4 Å². The van der Waals surface area contributed by atoms with Gasteiger partial charge in [-0.15, -0.1) is 12.4 Å². The molecule has 1 aromatic rings. The first-order chi connectivity index (χ1) is 13.3. The molecule has 0 aromatic heterocycles. The molecule has 3 amide bonds. The Morgan fingerprint density at radius 1 is 1.45 bits per heavy atom. The van der Waals surface area contributed by atoms with Gasteiger partial charge in [0.25, 0.3) is 5.91 Å². The fourth-order valence-electron chi connectivity index (χ4n) is 4.33. The maximum Gasteiger partial charge on any atom is 0.547 e. The zero-order valence-electron chi connectivity index (χ0n) is 15.6. The third-order valence-electron chi connectivity index (χ3n) is 5.76. The Hall–Kier alpha value is -2.50. The van der Waals surface area contributed by atoms with Gasteiger partial charge in [-0.25, -0.2) is 9.59 Å². The van der Waals surface area contributed by atoms with Crippen LogP contribution in [0.1, 0.15) is 28.8 Å². The van der Waals surface area contributed by atoms with Crippen LogP contribution in [0.25, 0.3) is 0 Å². The van der Waals surface area contributed by atoms with Gasteiger partial charge >= 0.3 is 19.1 Å². The number of carboxylic acids is 1. The number of halogens is 1. The van der Waals surface area contributed by atoms with Gasteiger partial charge in [-0.3, -0.25) is 9.69 Å². The molecule has 1 saturated heterocycles. The third-order valence-corrected chi connectivity index (χ3v) is 5.76. The normalized spacial score (nSPS) is 27.6. The number of fused-ring (bicyclic) bond motifs is 1. The van der Waals surface area contributed by atoms with Crippen molar-refractivity contribution in [1.29, 1.82) is 0 Å². The second kappa shape index (κ2) is 7.40. The average molecular weight is 426 g/mol. The van der Waals surface area contributed by atoms with Crippen molar-refractivity contribution in [1.82, 2.24) is 10.2 Å². The Balaban J connectivity index is 0.00000240. The summed E-state index contributed by atoms with van der Waals surface area (Å²) in [6.07, 6.45) is 0.993. The number of nitrogens with one attached hydrogen (secondary N) is 1. The van der Waals surface area contributed by atoms with E-state index in [0.29, 0.717) is 24.9 Å². The molecule has 1 aliphatic carbocycles. The first-order valence-corrected chi connectivity index (χ1v) is 8.95. The van der Waals surface area contributed by atoms with Gasteiger partial charge < -0.3 is 30.6 Å². The average Bonchev–Trinajstić information content (AvgIpc) is 2.89. The van der Waals surface area contributed by atoms with Crippen LogP contribution in [0.3, 0.4) is 0 Å². The Labute approximate surface area is 172 Å². The number of benzene rings is 1. The summed E-state index contributed by atoms with van der Waals surface area (Å²) in [6, 6.07) is 2.48. The second-order valence-corrected chi connectivity index (χ2v) is 7.41. The molecular weight excluding hydrogens is 404 g/mol. The number of rotatable bonds is 4. The molecule has 12 heteroatoms. The van der Waals surface area contributed by atoms with Crippen molar-refractivity contribution in [3.8, 4) is 11.5 Å². The van der Waals surface area contributed by atoms with Crippen LogP contribution in [0.2, 0.25) is 0 Å². The number of amides is 3. The summed E-state index contributed by atoms with van der Waals surface area (Å²) in [7, 11) is -0.233. The number of imide groups is 1. The Bertz CT molecular complexity index is 877. The van der Waals surface area contributed by atoms with E-state index in [0.717, 1.165) is 4.90 Å². The Morgan fingerprint density at radius 3 is 2.72 bits per heavy atom. The van der Waals surface area contributed by atoms with Crippen LogP contribution in [0.15, 0.2) is 12.1 Å². The topological polar surface area (TPSA) is 151 Å². The highest BCUT2D eigenvalue weighted by molar-refractivity contribution is 6.47. The van der Waals surface area contributed by atoms with E-state index in [1.54, 1.807) is 6.07 Å². The van der Waals surface area contributed by atoms with Crippen molar-refractivity contribution >= 4 is 37.4 Å². The van der Waals surface area contributed by atoms with E-state index in [4.69, 9.17) is 15.1 Å². The minimum Gasteiger partial charge on any atom is -0.534 e. The first kappa shape index (κ1) is 21.2. The predicted molar refractivity (Wildman–Crippen MR) is 103 cm³/mol. The molecule has 2 aliphatic heterocycles. The number of ether oxygens (including phenoxy) is 1. The minimum absolute atomic E-state index is 0. The molecule has 10 nitrogen and oxygen atoms in total. The summed E-state index contributed by atoms with van der Waals surface area (Å²) in [5.41, 5.74) is 4.91. The van der Waals surface area contributed by atoms with Crippen molar-refractivity contribution in [2.45, 2.75) is 30.7 Å². The molecule has 1 atom stereocenters. The molecule has 1 aromatic carbocycles. The number of methoxy groups -OCH3 is 1. The summed E-state index contributed by atoms with van der Waals surface area (Å²) in [6.45, 7) is 0.438. The van der Waals surface area contributed by atoms with Crippen LogP contribution in [0.4, 0.5) is 4.79 Å². The van der Waals surface area contributed by atoms with Crippen molar-refractivity contribution in [3.63, 3.8) is 0 Å². The lowest BCUT2D eigenvalue weighted by molar-refractivity contribution is -0.136. The van der Waals surface area contributed by atoms with E-state index < -0.39 is 36.5 Å². The lowest BCUT2D eigenvalue weighted by Crippen LogP contribution is -2.60. The largest absolute Gasteiger partial charge is 0.547 e. The minimum atomic E-state index is -1.56. The first-order valence-electron chi connectivity index (χ1n) is 8.95. The number of aromatic carboxylic acids is 1. The lowest BCUT2D eigenvalue weighted by atomic mass is 9.67. The summed E-state index contributed by atoms with van der Waals surface area (Å²) < 4.78 is 10.5. The predicted octanol–water partition coefficient (Wildman–Crippen LogP) is -0.202. The second-order valence-electron chi connectivity index (χ2n) is 7.41. The monoisotopic (exact) mass is 425 g/mol. The van der Waals surface area contributed by atoms with E-state index >= 15 is 0 Å². The standard InChI is InChI=1S/C17H20BN3O7.ClH/c1-27-10-3-2-9-4-11(18(26)28-13(9)12(10)14(22)23)21-15(24)17(20-16(21)25)5-8(6-17)7-19;/h2-3,8,11,26H,4-7,19H2,1H3,(H,20,25)(H,22,23);1H/t8?,11-,17?;/m0./s1. The summed E-state index contributed by atoms with van der Waals surface area (Å²) >= 11 is 0. The molecule has 5 N–H and O–H groups in total. The van der Waals surface area contributed by atoms with Crippen LogP contribution in [0, 0.1) is 5.92 Å². The van der Waals surface area contributed by atoms with Gasteiger partial charge in [0.2, 0.25) is 0 Å². The number of carboxylic acid groups (broad SMARTS) is 1. The van der Waals surface area contributed by atoms with Gasteiger partial charge in [0.15, 0.2) is 0 Å². The van der Waals surface area contributed by atoms with Gasteiger partial charge in [-0.2, -0.15) is 0 Å². The van der Waals surface area contributed by atoms with E-state index in [2.05, 4.69) is 5.32 Å². The van der Waals surface area contributed by atoms with Gasteiger partial charge in [0, 0.05) is 0 Å². The molecule has 2 fully saturated rings. The van der Waals surface area contributed by atoms with E-state index in [1.807, 2.05) is 0 Å². The highest BCUT2D eigenvalue weighted by Crippen LogP contribution is 2.44. The smallest absolute Gasteiger partial charge is 0.534 e. The SMILES string of the molecule is COc1ccc2c(c1C(=O)O)OB(O)[C@@H](N1C(=O)NC3(CC(CN)C3)C1=O)C2.Cl.